The van der Waals surface area contributed by atoms with E-state index in [9.17, 15) is 14.4 Å². The van der Waals surface area contributed by atoms with Gasteiger partial charge in [-0.3, -0.25) is 5.32 Å². The summed E-state index contributed by atoms with van der Waals surface area (Å²) >= 11 is 6.46. The normalized spacial score (nSPS) is 22.3. The van der Waals surface area contributed by atoms with Crippen LogP contribution in [0.15, 0.2) is 79.1 Å². The van der Waals surface area contributed by atoms with Crippen molar-refractivity contribution in [3.63, 3.8) is 0 Å². The molecular formula is C33H32ClN5O6. The Kier molecular flexibility index (Phi) is 7.82. The van der Waals surface area contributed by atoms with E-state index in [2.05, 4.69) is 26.8 Å². The molecule has 2 aliphatic carbocycles. The van der Waals surface area contributed by atoms with Crippen LogP contribution < -0.4 is 5.32 Å². The van der Waals surface area contributed by atoms with Gasteiger partial charge in [-0.05, 0) is 63.5 Å². The number of amides is 1. The van der Waals surface area contributed by atoms with E-state index in [1.165, 1.54) is 0 Å². The van der Waals surface area contributed by atoms with Crippen LogP contribution in [0.2, 0.25) is 5.15 Å². The van der Waals surface area contributed by atoms with Crippen molar-refractivity contribution in [3.05, 3.63) is 95.4 Å². The third-order valence-electron chi connectivity index (χ3n) is 8.17. The molecule has 1 N–H and O–H groups in total. The molecule has 0 bridgehead atoms. The summed E-state index contributed by atoms with van der Waals surface area (Å²) in [5.41, 5.74) is 1.14. The molecule has 0 saturated heterocycles. The summed E-state index contributed by atoms with van der Waals surface area (Å²) in [6, 6.07) is 17.2. The molecule has 12 heteroatoms. The first kappa shape index (κ1) is 30.3. The second kappa shape index (κ2) is 11.6. The fourth-order valence-electron chi connectivity index (χ4n) is 5.96. The monoisotopic (exact) mass is 629 g/mol. The first-order valence-corrected chi connectivity index (χ1v) is 14.9. The Bertz CT molecular complexity index is 1790. The van der Waals surface area contributed by atoms with E-state index in [4.69, 9.17) is 25.8 Å². The minimum atomic E-state index is -0.727. The molecule has 2 aromatic heterocycles. The summed E-state index contributed by atoms with van der Waals surface area (Å²) < 4.78 is 18.9. The molecule has 232 valence electrons. The van der Waals surface area contributed by atoms with Gasteiger partial charge in [-0.1, -0.05) is 54.6 Å². The van der Waals surface area contributed by atoms with Crippen LogP contribution in [-0.4, -0.2) is 55.9 Å². The van der Waals surface area contributed by atoms with Gasteiger partial charge < -0.3 is 18.8 Å². The first-order valence-electron chi connectivity index (χ1n) is 14.5. The maximum absolute atomic E-state index is 13.0. The van der Waals surface area contributed by atoms with Crippen molar-refractivity contribution in [1.82, 2.24) is 19.5 Å². The third kappa shape index (κ3) is 6.12. The quantitative estimate of drug-likeness (QED) is 0.106. The number of imidazole rings is 1. The largest absolute Gasteiger partial charge is 0.461 e. The van der Waals surface area contributed by atoms with Gasteiger partial charge in [0.15, 0.2) is 10.8 Å². The van der Waals surface area contributed by atoms with E-state index >= 15 is 0 Å². The van der Waals surface area contributed by atoms with Crippen LogP contribution in [0.3, 0.4) is 0 Å². The molecule has 0 aliphatic heterocycles. The second-order valence-electron chi connectivity index (χ2n) is 12.3. The Morgan fingerprint density at radius 1 is 1.00 bits per heavy atom. The number of carbonyl (C=O) groups excluding carboxylic acids is 3. The van der Waals surface area contributed by atoms with Gasteiger partial charge in [0.1, 0.15) is 17.2 Å². The average Bonchev–Trinajstić information content (AvgIpc) is 3.36. The number of hydrogen-bond donors (Lipinski definition) is 1. The predicted octanol–water partition coefficient (Wildman–Crippen LogP) is 6.42. The standard InChI is InChI=1S/C33H32ClN5O6/c1-19-22(17-43-28(40)20-11-7-5-8-12-20)33(16-24(33)44-29(41)21-13-9-6-10-14-21)15-23(19)39-18-35-25-26(34)36-30(37-27(25)39)38-31(42)45-32(2,3)4/h5-14,18,22-24H,1,15-17H2,2-4H3,(H,36,37,38,42)/t22-,23-,24?,33+/m0/s1. The number of nitrogens with one attached hydrogen (secondary N) is 1. The number of nitrogens with zero attached hydrogens (tertiary/aromatic N) is 4. The molecule has 4 aromatic rings. The van der Waals surface area contributed by atoms with E-state index in [0.717, 1.165) is 5.57 Å². The Morgan fingerprint density at radius 3 is 2.29 bits per heavy atom. The molecule has 45 heavy (non-hydrogen) atoms. The molecule has 2 fully saturated rings. The molecule has 4 atom stereocenters. The summed E-state index contributed by atoms with van der Waals surface area (Å²) in [7, 11) is 0. The zero-order valence-electron chi connectivity index (χ0n) is 25.0. The minimum absolute atomic E-state index is 0.0451. The zero-order valence-corrected chi connectivity index (χ0v) is 25.8. The molecule has 2 aromatic carbocycles. The lowest BCUT2D eigenvalue weighted by Gasteiger charge is -2.21. The molecule has 6 rings (SSSR count). The molecule has 0 radical (unpaired) electrons. The second-order valence-corrected chi connectivity index (χ2v) is 12.7. The molecule has 2 heterocycles. The summed E-state index contributed by atoms with van der Waals surface area (Å²) in [5, 5.41) is 2.59. The lowest BCUT2D eigenvalue weighted by atomic mass is 9.91. The number of rotatable bonds is 7. The summed E-state index contributed by atoms with van der Waals surface area (Å²) in [4.78, 5) is 51.4. The van der Waals surface area contributed by atoms with Crippen molar-refractivity contribution < 1.29 is 28.6 Å². The van der Waals surface area contributed by atoms with Gasteiger partial charge in [0.05, 0.1) is 30.1 Å². The van der Waals surface area contributed by atoms with Crippen LogP contribution in [0.5, 0.6) is 0 Å². The van der Waals surface area contributed by atoms with Crippen LogP contribution >= 0.6 is 11.6 Å². The van der Waals surface area contributed by atoms with Crippen molar-refractivity contribution in [2.45, 2.75) is 51.4 Å². The fourth-order valence-corrected chi connectivity index (χ4v) is 6.17. The summed E-state index contributed by atoms with van der Waals surface area (Å²) in [6.45, 7) is 9.72. The number of anilines is 1. The van der Waals surface area contributed by atoms with E-state index in [-0.39, 0.29) is 29.7 Å². The lowest BCUT2D eigenvalue weighted by Crippen LogP contribution is -2.27. The van der Waals surface area contributed by atoms with Gasteiger partial charge in [0, 0.05) is 11.3 Å². The smallest absolute Gasteiger partial charge is 0.414 e. The van der Waals surface area contributed by atoms with Gasteiger partial charge in [0.25, 0.3) is 0 Å². The van der Waals surface area contributed by atoms with Gasteiger partial charge in [-0.25, -0.2) is 19.4 Å². The zero-order chi connectivity index (χ0) is 31.9. The molecule has 2 aliphatic rings. The molecule has 1 unspecified atom stereocenters. The number of ether oxygens (including phenoxy) is 3. The maximum Gasteiger partial charge on any atom is 0.414 e. The number of aromatic nitrogens is 4. The SMILES string of the molecule is C=C1[C@@H](n2cnc3c(Cl)nc(NC(=O)OC(C)(C)C)nc32)C[C@@]2(CC2OC(=O)c2ccccc2)[C@H]1COC(=O)c1ccccc1. The molecule has 1 spiro atoms. The minimum Gasteiger partial charge on any atom is -0.461 e. The number of benzene rings is 2. The topological polar surface area (TPSA) is 135 Å². The molecule has 11 nitrogen and oxygen atoms in total. The highest BCUT2D eigenvalue weighted by atomic mass is 35.5. The summed E-state index contributed by atoms with van der Waals surface area (Å²) in [5.74, 6) is -1.24. The number of fused-ring (bicyclic) bond motifs is 1. The molecule has 2 saturated carbocycles. The number of halogens is 1. The van der Waals surface area contributed by atoms with Gasteiger partial charge in [0.2, 0.25) is 5.95 Å². The molecule has 1 amide bonds. The van der Waals surface area contributed by atoms with Crippen molar-refractivity contribution in [1.29, 1.82) is 0 Å². The highest BCUT2D eigenvalue weighted by Gasteiger charge is 2.67. The highest BCUT2D eigenvalue weighted by Crippen LogP contribution is 2.67. The Morgan fingerprint density at radius 2 is 1.64 bits per heavy atom. The van der Waals surface area contributed by atoms with E-state index < -0.39 is 35.2 Å². The van der Waals surface area contributed by atoms with E-state index in [0.29, 0.717) is 35.1 Å². The van der Waals surface area contributed by atoms with Crippen molar-refractivity contribution in [2.75, 3.05) is 11.9 Å². The van der Waals surface area contributed by atoms with Gasteiger partial charge >= 0.3 is 18.0 Å². The van der Waals surface area contributed by atoms with E-state index in [1.54, 1.807) is 75.6 Å². The first-order chi connectivity index (χ1) is 21.4. The Hall–Kier alpha value is -4.77. The number of esters is 2. The fraction of sp³-hybridized carbons (Fsp3) is 0.333. The van der Waals surface area contributed by atoms with Gasteiger partial charge in [-0.2, -0.15) is 9.97 Å². The van der Waals surface area contributed by atoms with Crippen LogP contribution in [0.4, 0.5) is 10.7 Å². The van der Waals surface area contributed by atoms with Gasteiger partial charge in [-0.15, -0.1) is 0 Å². The van der Waals surface area contributed by atoms with Crippen LogP contribution in [-0.2, 0) is 14.2 Å². The maximum atomic E-state index is 13.0. The number of hydrogen-bond acceptors (Lipinski definition) is 9. The summed E-state index contributed by atoms with van der Waals surface area (Å²) in [6.07, 6.45) is 1.55. The van der Waals surface area contributed by atoms with Crippen molar-refractivity contribution in [2.24, 2.45) is 11.3 Å². The van der Waals surface area contributed by atoms with Crippen molar-refractivity contribution >= 4 is 46.7 Å². The Balaban J connectivity index is 1.29. The number of carbonyl (C=O) groups is 3. The predicted molar refractivity (Wildman–Crippen MR) is 166 cm³/mol. The van der Waals surface area contributed by atoms with Crippen LogP contribution in [0.1, 0.15) is 60.4 Å². The van der Waals surface area contributed by atoms with E-state index in [1.807, 2.05) is 16.7 Å². The highest BCUT2D eigenvalue weighted by molar-refractivity contribution is 6.33. The lowest BCUT2D eigenvalue weighted by molar-refractivity contribution is 0.0287. The van der Waals surface area contributed by atoms with Crippen molar-refractivity contribution in [3.8, 4) is 0 Å². The Labute approximate surface area is 264 Å². The van der Waals surface area contributed by atoms with Crippen LogP contribution in [0, 0.1) is 11.3 Å². The third-order valence-corrected chi connectivity index (χ3v) is 8.43. The van der Waals surface area contributed by atoms with Crippen LogP contribution in [0.25, 0.3) is 11.2 Å². The molecular weight excluding hydrogens is 598 g/mol. The average molecular weight is 630 g/mol.